The van der Waals surface area contributed by atoms with E-state index in [1.165, 1.54) is 12.1 Å². The third-order valence-electron chi connectivity index (χ3n) is 4.07. The van der Waals surface area contributed by atoms with E-state index in [-0.39, 0.29) is 0 Å². The standard InChI is InChI=1S/C18H28F2N4/c1-4-21-18(22-10-13(2)3)23-11-14-7-8-24(12-14)15-5-6-16(19)17(20)9-15/h5-6,9,13-14H,4,7-8,10-12H2,1-3H3,(H2,21,22,23). The summed E-state index contributed by atoms with van der Waals surface area (Å²) in [5.74, 6) is 0.242. The number of aliphatic imine (C=N–C) groups is 1. The zero-order chi connectivity index (χ0) is 17.5. The Hall–Kier alpha value is -1.85. The lowest BCUT2D eigenvalue weighted by molar-refractivity contribution is 0.508. The van der Waals surface area contributed by atoms with Crippen LogP contribution in [-0.2, 0) is 0 Å². The van der Waals surface area contributed by atoms with Crippen LogP contribution in [0.1, 0.15) is 27.2 Å². The van der Waals surface area contributed by atoms with Crippen molar-refractivity contribution in [1.29, 1.82) is 0 Å². The Kier molecular flexibility index (Phi) is 6.82. The normalized spacial score (nSPS) is 18.3. The molecular weight excluding hydrogens is 310 g/mol. The van der Waals surface area contributed by atoms with Gasteiger partial charge in [0, 0.05) is 44.5 Å². The second-order valence-electron chi connectivity index (χ2n) is 6.69. The van der Waals surface area contributed by atoms with Crippen molar-refractivity contribution in [3.05, 3.63) is 29.8 Å². The van der Waals surface area contributed by atoms with E-state index in [4.69, 9.17) is 0 Å². The predicted octanol–water partition coefficient (Wildman–Crippen LogP) is 3.00. The molecule has 2 rings (SSSR count). The van der Waals surface area contributed by atoms with Gasteiger partial charge in [-0.1, -0.05) is 13.8 Å². The number of anilines is 1. The molecule has 4 nitrogen and oxygen atoms in total. The van der Waals surface area contributed by atoms with Gasteiger partial charge in [-0.05, 0) is 37.3 Å². The first-order valence-corrected chi connectivity index (χ1v) is 8.71. The van der Waals surface area contributed by atoms with Gasteiger partial charge in [0.15, 0.2) is 17.6 Å². The van der Waals surface area contributed by atoms with Crippen LogP contribution in [0, 0.1) is 23.5 Å². The second kappa shape index (κ2) is 8.85. The maximum atomic E-state index is 13.4. The van der Waals surface area contributed by atoms with Gasteiger partial charge < -0.3 is 15.5 Å². The number of benzene rings is 1. The molecule has 1 fully saturated rings. The second-order valence-corrected chi connectivity index (χ2v) is 6.69. The lowest BCUT2D eigenvalue weighted by Gasteiger charge is -2.19. The minimum Gasteiger partial charge on any atom is -0.371 e. The van der Waals surface area contributed by atoms with Crippen molar-refractivity contribution in [2.75, 3.05) is 37.6 Å². The van der Waals surface area contributed by atoms with Gasteiger partial charge in [-0.25, -0.2) is 8.78 Å². The molecule has 0 bridgehead atoms. The van der Waals surface area contributed by atoms with Gasteiger partial charge >= 0.3 is 0 Å². The number of guanidine groups is 1. The van der Waals surface area contributed by atoms with Crippen molar-refractivity contribution in [2.45, 2.75) is 27.2 Å². The van der Waals surface area contributed by atoms with E-state index in [2.05, 4.69) is 34.4 Å². The summed E-state index contributed by atoms with van der Waals surface area (Å²) in [6.07, 6.45) is 1.02. The van der Waals surface area contributed by atoms with Crippen molar-refractivity contribution < 1.29 is 8.78 Å². The van der Waals surface area contributed by atoms with Gasteiger partial charge in [0.05, 0.1) is 0 Å². The van der Waals surface area contributed by atoms with Crippen LogP contribution in [-0.4, -0.2) is 38.7 Å². The monoisotopic (exact) mass is 338 g/mol. The summed E-state index contributed by atoms with van der Waals surface area (Å²) in [5.41, 5.74) is 0.747. The zero-order valence-electron chi connectivity index (χ0n) is 14.8. The molecule has 24 heavy (non-hydrogen) atoms. The molecule has 0 spiro atoms. The highest BCUT2D eigenvalue weighted by Gasteiger charge is 2.23. The molecule has 1 atom stereocenters. The molecule has 1 unspecified atom stereocenters. The fourth-order valence-corrected chi connectivity index (χ4v) is 2.77. The third-order valence-corrected chi connectivity index (χ3v) is 4.07. The summed E-state index contributed by atoms with van der Waals surface area (Å²) in [7, 11) is 0. The smallest absolute Gasteiger partial charge is 0.191 e. The molecule has 0 saturated carbocycles. The number of hydrogen-bond donors (Lipinski definition) is 2. The van der Waals surface area contributed by atoms with Gasteiger partial charge in [0.1, 0.15) is 0 Å². The van der Waals surface area contributed by atoms with Gasteiger partial charge in [-0.2, -0.15) is 0 Å². The van der Waals surface area contributed by atoms with E-state index >= 15 is 0 Å². The van der Waals surface area contributed by atoms with Crippen molar-refractivity contribution >= 4 is 11.6 Å². The van der Waals surface area contributed by atoms with E-state index < -0.39 is 11.6 Å². The summed E-state index contributed by atoms with van der Waals surface area (Å²) in [6, 6.07) is 4.11. The molecule has 1 aliphatic heterocycles. The first-order chi connectivity index (χ1) is 11.5. The van der Waals surface area contributed by atoms with Crippen LogP contribution in [0.2, 0.25) is 0 Å². The fourth-order valence-electron chi connectivity index (χ4n) is 2.77. The SMILES string of the molecule is CCNC(=NCC(C)C)NCC1CCN(c2ccc(F)c(F)c2)C1. The highest BCUT2D eigenvalue weighted by atomic mass is 19.2. The van der Waals surface area contributed by atoms with Crippen LogP contribution in [0.3, 0.4) is 0 Å². The Morgan fingerprint density at radius 3 is 2.75 bits per heavy atom. The lowest BCUT2D eigenvalue weighted by atomic mass is 10.1. The van der Waals surface area contributed by atoms with Gasteiger partial charge in [-0.15, -0.1) is 0 Å². The Morgan fingerprint density at radius 1 is 1.29 bits per heavy atom. The van der Waals surface area contributed by atoms with Crippen LogP contribution in [0.15, 0.2) is 23.2 Å². The van der Waals surface area contributed by atoms with E-state index in [9.17, 15) is 8.78 Å². The molecule has 1 aliphatic rings. The quantitative estimate of drug-likeness (QED) is 0.619. The molecule has 2 N–H and O–H groups in total. The van der Waals surface area contributed by atoms with Crippen LogP contribution < -0.4 is 15.5 Å². The van der Waals surface area contributed by atoms with Crippen LogP contribution in [0.4, 0.5) is 14.5 Å². The summed E-state index contributed by atoms with van der Waals surface area (Å²) in [5, 5.41) is 6.64. The number of nitrogens with one attached hydrogen (secondary N) is 2. The van der Waals surface area contributed by atoms with Gasteiger partial charge in [-0.3, -0.25) is 4.99 Å². The maximum absolute atomic E-state index is 13.4. The molecule has 1 aromatic rings. The molecule has 6 heteroatoms. The molecule has 0 amide bonds. The largest absolute Gasteiger partial charge is 0.371 e. The minimum absolute atomic E-state index is 0.459. The fraction of sp³-hybridized carbons (Fsp3) is 0.611. The first-order valence-electron chi connectivity index (χ1n) is 8.71. The number of halogens is 2. The average Bonchev–Trinajstić information content (AvgIpc) is 3.01. The first kappa shape index (κ1) is 18.5. The van der Waals surface area contributed by atoms with E-state index in [1.807, 2.05) is 6.92 Å². The Morgan fingerprint density at radius 2 is 2.08 bits per heavy atom. The Bertz CT molecular complexity index is 560. The maximum Gasteiger partial charge on any atom is 0.191 e. The minimum atomic E-state index is -0.798. The summed E-state index contributed by atoms with van der Waals surface area (Å²) in [6.45, 7) is 10.5. The van der Waals surface area contributed by atoms with Crippen LogP contribution in [0.5, 0.6) is 0 Å². The Labute approximate surface area is 143 Å². The summed E-state index contributed by atoms with van der Waals surface area (Å²) in [4.78, 5) is 6.67. The predicted molar refractivity (Wildman–Crippen MR) is 95.5 cm³/mol. The lowest BCUT2D eigenvalue weighted by Crippen LogP contribution is -2.40. The average molecular weight is 338 g/mol. The molecule has 0 radical (unpaired) electrons. The number of nitrogens with zero attached hydrogens (tertiary/aromatic N) is 2. The highest BCUT2D eigenvalue weighted by molar-refractivity contribution is 5.79. The summed E-state index contributed by atoms with van der Waals surface area (Å²) >= 11 is 0. The topological polar surface area (TPSA) is 39.7 Å². The van der Waals surface area contributed by atoms with Crippen molar-refractivity contribution in [2.24, 2.45) is 16.8 Å². The summed E-state index contributed by atoms with van der Waals surface area (Å²) < 4.78 is 26.4. The third kappa shape index (κ3) is 5.35. The van der Waals surface area contributed by atoms with E-state index in [0.29, 0.717) is 11.8 Å². The number of hydrogen-bond acceptors (Lipinski definition) is 2. The molecule has 1 saturated heterocycles. The molecule has 1 aromatic carbocycles. The van der Waals surface area contributed by atoms with Crippen LogP contribution >= 0.6 is 0 Å². The van der Waals surface area contributed by atoms with Crippen molar-refractivity contribution in [1.82, 2.24) is 10.6 Å². The van der Waals surface area contributed by atoms with Crippen molar-refractivity contribution in [3.63, 3.8) is 0 Å². The zero-order valence-corrected chi connectivity index (χ0v) is 14.8. The van der Waals surface area contributed by atoms with Gasteiger partial charge in [0.2, 0.25) is 0 Å². The number of rotatable bonds is 6. The van der Waals surface area contributed by atoms with E-state index in [1.54, 1.807) is 6.07 Å². The Balaban J connectivity index is 1.86. The molecular formula is C18H28F2N4. The molecule has 0 aliphatic carbocycles. The van der Waals surface area contributed by atoms with Gasteiger partial charge in [0.25, 0.3) is 0 Å². The molecule has 0 aromatic heterocycles. The van der Waals surface area contributed by atoms with Crippen molar-refractivity contribution in [3.8, 4) is 0 Å². The molecule has 1 heterocycles. The molecule has 134 valence electrons. The van der Waals surface area contributed by atoms with Crippen LogP contribution in [0.25, 0.3) is 0 Å². The van der Waals surface area contributed by atoms with E-state index in [0.717, 1.165) is 50.8 Å². The highest BCUT2D eigenvalue weighted by Crippen LogP contribution is 2.24.